The van der Waals surface area contributed by atoms with Crippen LogP contribution in [0.3, 0.4) is 0 Å². The van der Waals surface area contributed by atoms with Crippen molar-refractivity contribution in [2.24, 2.45) is 5.73 Å². The normalized spacial score (nSPS) is 9.55. The molecule has 0 aliphatic rings. The number of halogens is 1. The highest BCUT2D eigenvalue weighted by atomic mass is 19.1. The van der Waals surface area contributed by atoms with Gasteiger partial charge in [-0.25, -0.2) is 4.39 Å². The van der Waals surface area contributed by atoms with Crippen LogP contribution in [0.2, 0.25) is 0 Å². The number of pyridine rings is 1. The molecule has 58 valence electrons. The molecule has 4 heteroatoms. The van der Waals surface area contributed by atoms with Crippen molar-refractivity contribution in [2.75, 3.05) is 0 Å². The molecule has 0 aliphatic heterocycles. The molecule has 0 radical (unpaired) electrons. The molecule has 0 saturated carbocycles. The van der Waals surface area contributed by atoms with Crippen LogP contribution in [0.15, 0.2) is 18.3 Å². The average molecular weight is 153 g/mol. The molecule has 0 aromatic carbocycles. The van der Waals surface area contributed by atoms with E-state index < -0.39 is 0 Å². The number of hydrogen-bond acceptors (Lipinski definition) is 2. The highest BCUT2D eigenvalue weighted by molar-refractivity contribution is 5.78. The molecule has 1 aromatic heterocycles. The molecular formula is C7H8FN3. The SMILES string of the molecule is N=C(N)Cc1cc(F)ccn1. The number of nitrogens with one attached hydrogen (secondary N) is 1. The van der Waals surface area contributed by atoms with Gasteiger partial charge in [0, 0.05) is 12.6 Å². The number of amidine groups is 1. The summed E-state index contributed by atoms with van der Waals surface area (Å²) < 4.78 is 12.5. The fraction of sp³-hybridized carbons (Fsp3) is 0.143. The Balaban J connectivity index is 2.79. The zero-order valence-electron chi connectivity index (χ0n) is 5.84. The first-order chi connectivity index (χ1) is 5.18. The molecule has 0 aliphatic carbocycles. The molecule has 0 spiro atoms. The fourth-order valence-corrected chi connectivity index (χ4v) is 0.741. The predicted octanol–water partition coefficient (Wildman–Crippen LogP) is 0.699. The van der Waals surface area contributed by atoms with Crippen LogP contribution in [-0.2, 0) is 6.42 Å². The molecule has 0 unspecified atom stereocenters. The number of nitrogens with two attached hydrogens (primary N) is 1. The van der Waals surface area contributed by atoms with E-state index in [4.69, 9.17) is 11.1 Å². The maximum atomic E-state index is 12.5. The van der Waals surface area contributed by atoms with E-state index in [9.17, 15) is 4.39 Å². The molecule has 3 nitrogen and oxygen atoms in total. The van der Waals surface area contributed by atoms with Gasteiger partial charge in [-0.1, -0.05) is 0 Å². The summed E-state index contributed by atoms with van der Waals surface area (Å²) in [4.78, 5) is 3.82. The lowest BCUT2D eigenvalue weighted by molar-refractivity contribution is 0.623. The lowest BCUT2D eigenvalue weighted by Gasteiger charge is -1.96. The first kappa shape index (κ1) is 7.65. The number of nitrogens with zero attached hydrogens (tertiary/aromatic N) is 1. The van der Waals surface area contributed by atoms with Gasteiger partial charge in [-0.2, -0.15) is 0 Å². The van der Waals surface area contributed by atoms with Crippen molar-refractivity contribution in [3.63, 3.8) is 0 Å². The van der Waals surface area contributed by atoms with Crippen molar-refractivity contribution in [1.29, 1.82) is 5.41 Å². The van der Waals surface area contributed by atoms with Gasteiger partial charge in [0.15, 0.2) is 0 Å². The van der Waals surface area contributed by atoms with Gasteiger partial charge in [-0.05, 0) is 12.1 Å². The van der Waals surface area contributed by atoms with Crippen molar-refractivity contribution < 1.29 is 4.39 Å². The molecule has 0 fully saturated rings. The summed E-state index contributed by atoms with van der Waals surface area (Å²) in [6, 6.07) is 2.52. The smallest absolute Gasteiger partial charge is 0.126 e. The quantitative estimate of drug-likeness (QED) is 0.485. The molecule has 3 N–H and O–H groups in total. The van der Waals surface area contributed by atoms with E-state index in [1.165, 1.54) is 18.3 Å². The van der Waals surface area contributed by atoms with Gasteiger partial charge in [0.2, 0.25) is 0 Å². The first-order valence-electron chi connectivity index (χ1n) is 3.12. The summed E-state index contributed by atoms with van der Waals surface area (Å²) in [6.45, 7) is 0. The maximum Gasteiger partial charge on any atom is 0.126 e. The van der Waals surface area contributed by atoms with E-state index in [0.717, 1.165) is 0 Å². The van der Waals surface area contributed by atoms with E-state index in [1.54, 1.807) is 0 Å². The number of hydrogen-bond donors (Lipinski definition) is 2. The van der Waals surface area contributed by atoms with Crippen LogP contribution in [0.5, 0.6) is 0 Å². The van der Waals surface area contributed by atoms with Crippen LogP contribution < -0.4 is 5.73 Å². The van der Waals surface area contributed by atoms with Gasteiger partial charge >= 0.3 is 0 Å². The Kier molecular flexibility index (Phi) is 2.15. The minimum absolute atomic E-state index is 0.0110. The summed E-state index contributed by atoms with van der Waals surface area (Å²) in [5.74, 6) is -0.362. The maximum absolute atomic E-state index is 12.5. The van der Waals surface area contributed by atoms with Crippen molar-refractivity contribution in [3.05, 3.63) is 29.8 Å². The van der Waals surface area contributed by atoms with Crippen LogP contribution in [0.4, 0.5) is 4.39 Å². The molecule has 11 heavy (non-hydrogen) atoms. The lowest BCUT2D eigenvalue weighted by Crippen LogP contribution is -2.13. The van der Waals surface area contributed by atoms with E-state index in [0.29, 0.717) is 5.69 Å². The van der Waals surface area contributed by atoms with Gasteiger partial charge in [-0.15, -0.1) is 0 Å². The second-order valence-corrected chi connectivity index (χ2v) is 2.17. The number of rotatable bonds is 2. The standard InChI is InChI=1S/C7H8FN3/c8-5-1-2-11-6(3-5)4-7(9)10/h1-3H,4H2,(H3,9,10). The molecule has 1 aromatic rings. The van der Waals surface area contributed by atoms with Crippen LogP contribution in [-0.4, -0.2) is 10.8 Å². The molecule has 1 rings (SSSR count). The largest absolute Gasteiger partial charge is 0.387 e. The zero-order chi connectivity index (χ0) is 8.27. The second kappa shape index (κ2) is 3.09. The van der Waals surface area contributed by atoms with E-state index in [1.807, 2.05) is 0 Å². The minimum Gasteiger partial charge on any atom is -0.387 e. The Morgan fingerprint density at radius 1 is 1.73 bits per heavy atom. The Hall–Kier alpha value is -1.45. The third-order valence-corrected chi connectivity index (χ3v) is 1.15. The van der Waals surface area contributed by atoms with Crippen molar-refractivity contribution in [1.82, 2.24) is 4.98 Å². The van der Waals surface area contributed by atoms with Crippen molar-refractivity contribution >= 4 is 5.84 Å². The molecule has 0 bridgehead atoms. The van der Waals surface area contributed by atoms with Crippen LogP contribution in [0.1, 0.15) is 5.69 Å². The highest BCUT2D eigenvalue weighted by Crippen LogP contribution is 1.99. The molecule has 0 atom stereocenters. The van der Waals surface area contributed by atoms with Crippen molar-refractivity contribution in [2.45, 2.75) is 6.42 Å². The summed E-state index contributed by atoms with van der Waals surface area (Å²) >= 11 is 0. The minimum atomic E-state index is -0.351. The third kappa shape index (κ3) is 2.33. The van der Waals surface area contributed by atoms with E-state index in [-0.39, 0.29) is 18.1 Å². The Labute approximate surface area is 63.6 Å². The van der Waals surface area contributed by atoms with Gasteiger partial charge in [0.25, 0.3) is 0 Å². The van der Waals surface area contributed by atoms with E-state index in [2.05, 4.69) is 4.98 Å². The monoisotopic (exact) mass is 153 g/mol. The van der Waals surface area contributed by atoms with Crippen molar-refractivity contribution in [3.8, 4) is 0 Å². The van der Waals surface area contributed by atoms with Gasteiger partial charge in [0.1, 0.15) is 5.82 Å². The Morgan fingerprint density at radius 3 is 3.00 bits per heavy atom. The van der Waals surface area contributed by atoms with Crippen LogP contribution in [0.25, 0.3) is 0 Å². The van der Waals surface area contributed by atoms with Crippen LogP contribution >= 0.6 is 0 Å². The van der Waals surface area contributed by atoms with Gasteiger partial charge in [0.05, 0.1) is 11.5 Å². The average Bonchev–Trinajstić information content (AvgIpc) is 1.85. The first-order valence-corrected chi connectivity index (χ1v) is 3.12. The summed E-state index contributed by atoms with van der Waals surface area (Å²) in [5, 5.41) is 6.92. The Bertz CT molecular complexity index is 272. The number of aromatic nitrogens is 1. The molecule has 1 heterocycles. The van der Waals surface area contributed by atoms with Gasteiger partial charge in [-0.3, -0.25) is 10.4 Å². The Morgan fingerprint density at radius 2 is 2.45 bits per heavy atom. The second-order valence-electron chi connectivity index (χ2n) is 2.17. The van der Waals surface area contributed by atoms with E-state index >= 15 is 0 Å². The summed E-state index contributed by atoms with van der Waals surface area (Å²) in [7, 11) is 0. The highest BCUT2D eigenvalue weighted by Gasteiger charge is 1.97. The molecule has 0 saturated heterocycles. The topological polar surface area (TPSA) is 62.8 Å². The van der Waals surface area contributed by atoms with Gasteiger partial charge < -0.3 is 5.73 Å². The third-order valence-electron chi connectivity index (χ3n) is 1.15. The predicted molar refractivity (Wildman–Crippen MR) is 39.8 cm³/mol. The summed E-state index contributed by atoms with van der Waals surface area (Å²) in [5.41, 5.74) is 5.58. The summed E-state index contributed by atoms with van der Waals surface area (Å²) in [6.07, 6.45) is 1.56. The molecule has 0 amide bonds. The fourth-order valence-electron chi connectivity index (χ4n) is 0.741. The molecular weight excluding hydrogens is 145 g/mol. The van der Waals surface area contributed by atoms with Crippen LogP contribution in [0, 0.1) is 11.2 Å². The lowest BCUT2D eigenvalue weighted by atomic mass is 10.2. The zero-order valence-corrected chi connectivity index (χ0v) is 5.84.